The zero-order chi connectivity index (χ0) is 24.5. The molecule has 0 atom stereocenters. The molecule has 7 nitrogen and oxygen atoms in total. The number of rotatable bonds is 6. The average molecular weight is 471 g/mol. The molecule has 2 aliphatic carbocycles. The minimum absolute atomic E-state index is 0.00833. The number of nitrogens with one attached hydrogen (secondary N) is 2. The van der Waals surface area contributed by atoms with E-state index in [0.717, 1.165) is 16.7 Å². The predicted octanol–water partition coefficient (Wildman–Crippen LogP) is 4.95. The lowest BCUT2D eigenvalue weighted by Crippen LogP contribution is -2.48. The van der Waals surface area contributed by atoms with Crippen molar-refractivity contribution in [1.29, 1.82) is 0 Å². The molecule has 35 heavy (non-hydrogen) atoms. The smallest absolute Gasteiger partial charge is 0.407 e. The standard InChI is InChI=1S/C28H26N2O5/c1-16-10-11-25(23(12-16)27(32)33)30-26(31)17-13-18(14-17)29-28(34)35-15-24-21-8-4-2-6-19(21)20-7-3-5-9-22(20)24/h2-12,17-18,24H,13-15H2,1H3,(H,29,34)(H,30,31)(H,32,33). The lowest BCUT2D eigenvalue weighted by atomic mass is 9.79. The van der Waals surface area contributed by atoms with Crippen LogP contribution in [0.1, 0.15) is 45.8 Å². The van der Waals surface area contributed by atoms with E-state index in [4.69, 9.17) is 4.74 Å². The first-order valence-corrected chi connectivity index (χ1v) is 11.7. The van der Waals surface area contributed by atoms with Crippen molar-refractivity contribution in [2.45, 2.75) is 31.7 Å². The molecule has 0 spiro atoms. The van der Waals surface area contributed by atoms with Crippen LogP contribution >= 0.6 is 0 Å². The molecule has 3 aromatic rings. The van der Waals surface area contributed by atoms with E-state index in [0.29, 0.717) is 12.8 Å². The van der Waals surface area contributed by atoms with Crippen molar-refractivity contribution in [1.82, 2.24) is 5.32 Å². The number of benzene rings is 3. The van der Waals surface area contributed by atoms with E-state index in [-0.39, 0.29) is 41.6 Å². The van der Waals surface area contributed by atoms with Gasteiger partial charge in [-0.2, -0.15) is 0 Å². The number of anilines is 1. The van der Waals surface area contributed by atoms with Gasteiger partial charge >= 0.3 is 12.1 Å². The Balaban J connectivity index is 1.13. The second-order valence-electron chi connectivity index (χ2n) is 9.18. The number of ether oxygens (including phenoxy) is 1. The molecule has 7 heteroatoms. The van der Waals surface area contributed by atoms with Gasteiger partial charge in [0.2, 0.25) is 5.91 Å². The van der Waals surface area contributed by atoms with Crippen LogP contribution in [0.15, 0.2) is 66.7 Å². The van der Waals surface area contributed by atoms with Gasteiger partial charge < -0.3 is 20.5 Å². The highest BCUT2D eigenvalue weighted by Gasteiger charge is 2.36. The van der Waals surface area contributed by atoms with Crippen LogP contribution < -0.4 is 10.6 Å². The van der Waals surface area contributed by atoms with Gasteiger partial charge in [0.25, 0.3) is 0 Å². The van der Waals surface area contributed by atoms with Gasteiger partial charge in [-0.3, -0.25) is 4.79 Å². The van der Waals surface area contributed by atoms with Gasteiger partial charge in [-0.05, 0) is 54.2 Å². The van der Waals surface area contributed by atoms with Crippen LogP contribution in [0.3, 0.4) is 0 Å². The number of carboxylic acids is 1. The molecule has 178 valence electrons. The second-order valence-corrected chi connectivity index (χ2v) is 9.18. The minimum atomic E-state index is -1.09. The fourth-order valence-corrected chi connectivity index (χ4v) is 4.94. The monoisotopic (exact) mass is 470 g/mol. The molecule has 0 unspecified atom stereocenters. The molecule has 2 amide bonds. The maximum absolute atomic E-state index is 12.6. The van der Waals surface area contributed by atoms with Crippen molar-refractivity contribution in [3.63, 3.8) is 0 Å². The number of aryl methyl sites for hydroxylation is 1. The number of fused-ring (bicyclic) bond motifs is 3. The largest absolute Gasteiger partial charge is 0.478 e. The number of hydrogen-bond acceptors (Lipinski definition) is 4. The number of carbonyl (C=O) groups is 3. The lowest BCUT2D eigenvalue weighted by Gasteiger charge is -2.34. The Morgan fingerprint density at radius 3 is 2.20 bits per heavy atom. The fraction of sp³-hybridized carbons (Fsp3) is 0.250. The van der Waals surface area contributed by atoms with Gasteiger partial charge in [0.15, 0.2) is 0 Å². The van der Waals surface area contributed by atoms with Crippen molar-refractivity contribution >= 4 is 23.7 Å². The van der Waals surface area contributed by atoms with Gasteiger partial charge in [-0.15, -0.1) is 0 Å². The molecule has 1 saturated carbocycles. The third kappa shape index (κ3) is 4.49. The third-order valence-electron chi connectivity index (χ3n) is 6.84. The number of alkyl carbamates (subject to hydrolysis) is 1. The summed E-state index contributed by atoms with van der Waals surface area (Å²) in [5.41, 5.74) is 5.79. The van der Waals surface area contributed by atoms with E-state index in [1.54, 1.807) is 19.1 Å². The number of carboxylic acid groups (broad SMARTS) is 1. The Morgan fingerprint density at radius 1 is 0.943 bits per heavy atom. The molecule has 5 rings (SSSR count). The highest BCUT2D eigenvalue weighted by Crippen LogP contribution is 2.44. The Hall–Kier alpha value is -4.13. The molecular formula is C28H26N2O5. The quantitative estimate of drug-likeness (QED) is 0.473. The van der Waals surface area contributed by atoms with Crippen LogP contribution in [0, 0.1) is 12.8 Å². The minimum Gasteiger partial charge on any atom is -0.478 e. The molecule has 3 aromatic carbocycles. The number of amides is 2. The topological polar surface area (TPSA) is 105 Å². The summed E-state index contributed by atoms with van der Waals surface area (Å²) in [6, 6.07) is 21.0. The van der Waals surface area contributed by atoms with E-state index in [1.165, 1.54) is 17.2 Å². The summed E-state index contributed by atoms with van der Waals surface area (Å²) in [6.45, 7) is 2.03. The van der Waals surface area contributed by atoms with E-state index in [1.807, 2.05) is 24.3 Å². The molecular weight excluding hydrogens is 444 g/mol. The maximum atomic E-state index is 12.6. The predicted molar refractivity (Wildman–Crippen MR) is 131 cm³/mol. The van der Waals surface area contributed by atoms with Crippen molar-refractivity contribution in [2.75, 3.05) is 11.9 Å². The number of hydrogen-bond donors (Lipinski definition) is 3. The van der Waals surface area contributed by atoms with Gasteiger partial charge in [0.1, 0.15) is 6.61 Å². The van der Waals surface area contributed by atoms with Crippen LogP contribution in [0.4, 0.5) is 10.5 Å². The van der Waals surface area contributed by atoms with Gasteiger partial charge in [0, 0.05) is 17.9 Å². The first-order valence-electron chi connectivity index (χ1n) is 11.7. The molecule has 0 radical (unpaired) electrons. The Labute approximate surface area is 203 Å². The van der Waals surface area contributed by atoms with E-state index >= 15 is 0 Å². The average Bonchev–Trinajstić information content (AvgIpc) is 3.14. The van der Waals surface area contributed by atoms with Crippen LogP contribution in [0.25, 0.3) is 11.1 Å². The maximum Gasteiger partial charge on any atom is 0.407 e. The molecule has 0 aromatic heterocycles. The Morgan fingerprint density at radius 2 is 1.57 bits per heavy atom. The lowest BCUT2D eigenvalue weighted by molar-refractivity contribution is -0.122. The summed E-state index contributed by atoms with van der Waals surface area (Å²) in [7, 11) is 0. The second kappa shape index (κ2) is 9.25. The zero-order valence-electron chi connectivity index (χ0n) is 19.3. The fourth-order valence-electron chi connectivity index (χ4n) is 4.94. The zero-order valence-corrected chi connectivity index (χ0v) is 19.3. The Bertz CT molecular complexity index is 1270. The summed E-state index contributed by atoms with van der Waals surface area (Å²) in [5.74, 6) is -1.64. The summed E-state index contributed by atoms with van der Waals surface area (Å²) >= 11 is 0. The van der Waals surface area contributed by atoms with Crippen LogP contribution in [0.2, 0.25) is 0 Å². The van der Waals surface area contributed by atoms with E-state index in [2.05, 4.69) is 34.9 Å². The number of carbonyl (C=O) groups excluding carboxylic acids is 2. The molecule has 0 aliphatic heterocycles. The summed E-state index contributed by atoms with van der Waals surface area (Å²) in [6.07, 6.45) is 0.455. The van der Waals surface area contributed by atoms with Crippen LogP contribution in [-0.2, 0) is 9.53 Å². The van der Waals surface area contributed by atoms with Gasteiger partial charge in [0.05, 0.1) is 11.3 Å². The van der Waals surface area contributed by atoms with Crippen molar-refractivity contribution < 1.29 is 24.2 Å². The summed E-state index contributed by atoms with van der Waals surface area (Å²) in [4.78, 5) is 36.5. The summed E-state index contributed by atoms with van der Waals surface area (Å²) < 4.78 is 5.57. The first-order chi connectivity index (χ1) is 16.9. The molecule has 0 bridgehead atoms. The highest BCUT2D eigenvalue weighted by atomic mass is 16.5. The van der Waals surface area contributed by atoms with Gasteiger partial charge in [-0.1, -0.05) is 60.2 Å². The SMILES string of the molecule is Cc1ccc(NC(=O)C2CC(NC(=O)OCC3c4ccccc4-c4ccccc43)C2)c(C(=O)O)c1. The number of aromatic carboxylic acids is 1. The first kappa shape index (κ1) is 22.7. The molecule has 3 N–H and O–H groups in total. The molecule has 0 heterocycles. The normalized spacial score (nSPS) is 18.1. The Kier molecular flexibility index (Phi) is 5.99. The third-order valence-corrected chi connectivity index (χ3v) is 6.84. The van der Waals surface area contributed by atoms with Crippen LogP contribution in [0.5, 0.6) is 0 Å². The van der Waals surface area contributed by atoms with Gasteiger partial charge in [-0.25, -0.2) is 9.59 Å². The van der Waals surface area contributed by atoms with Crippen molar-refractivity contribution in [3.8, 4) is 11.1 Å². The van der Waals surface area contributed by atoms with E-state index in [9.17, 15) is 19.5 Å². The molecule has 2 aliphatic rings. The van der Waals surface area contributed by atoms with E-state index < -0.39 is 12.1 Å². The van der Waals surface area contributed by atoms with Crippen LogP contribution in [-0.4, -0.2) is 35.7 Å². The van der Waals surface area contributed by atoms with Crippen molar-refractivity contribution in [3.05, 3.63) is 89.0 Å². The molecule has 0 saturated heterocycles. The molecule has 1 fully saturated rings. The highest BCUT2D eigenvalue weighted by molar-refractivity contribution is 6.01. The van der Waals surface area contributed by atoms with Crippen molar-refractivity contribution in [2.24, 2.45) is 5.92 Å². The summed E-state index contributed by atoms with van der Waals surface area (Å²) in [5, 5.41) is 14.9.